The van der Waals surface area contributed by atoms with Gasteiger partial charge in [-0.1, -0.05) is 0 Å². The van der Waals surface area contributed by atoms with Crippen LogP contribution in [0.3, 0.4) is 0 Å². The Morgan fingerprint density at radius 3 is 2.57 bits per heavy atom. The molecule has 0 bridgehead atoms. The second kappa shape index (κ2) is 7.75. The maximum atomic E-state index is 14.7. The number of amides is 3. The molecule has 5 rings (SSSR count). The van der Waals surface area contributed by atoms with Gasteiger partial charge in [0.25, 0.3) is 11.8 Å². The van der Waals surface area contributed by atoms with Gasteiger partial charge in [0.05, 0.1) is 11.6 Å². The van der Waals surface area contributed by atoms with Gasteiger partial charge < -0.3 is 10.6 Å². The predicted octanol–water partition coefficient (Wildman–Crippen LogP) is 2.51. The van der Waals surface area contributed by atoms with E-state index in [9.17, 15) is 31.9 Å². The highest BCUT2D eigenvalue weighted by atomic mass is 19.3. The number of fused-ring (bicyclic) bond motifs is 1. The highest BCUT2D eigenvalue weighted by Gasteiger charge is 2.54. The van der Waals surface area contributed by atoms with Gasteiger partial charge >= 0.3 is 6.03 Å². The zero-order valence-corrected chi connectivity index (χ0v) is 18.2. The molecule has 0 spiro atoms. The number of aromatic nitrogens is 3. The zero-order valence-electron chi connectivity index (χ0n) is 18.2. The topological polar surface area (TPSA) is 109 Å². The van der Waals surface area contributed by atoms with E-state index in [1.165, 1.54) is 24.0 Å². The number of carbonyl (C=O) groups excluding carboxylic acids is 2. The lowest BCUT2D eigenvalue weighted by Crippen LogP contribution is -2.60. The summed E-state index contributed by atoms with van der Waals surface area (Å²) >= 11 is 0. The van der Waals surface area contributed by atoms with Gasteiger partial charge in [0.15, 0.2) is 17.3 Å². The molecule has 1 saturated heterocycles. The van der Waals surface area contributed by atoms with E-state index in [1.54, 1.807) is 0 Å². The van der Waals surface area contributed by atoms with E-state index < -0.39 is 64.7 Å². The van der Waals surface area contributed by atoms with Gasteiger partial charge in [0.2, 0.25) is 5.43 Å². The largest absolute Gasteiger partial charge is 0.346 e. The van der Waals surface area contributed by atoms with Crippen molar-refractivity contribution in [1.29, 1.82) is 0 Å². The van der Waals surface area contributed by atoms with Gasteiger partial charge in [-0.05, 0) is 19.1 Å². The second-order valence-corrected chi connectivity index (χ2v) is 8.85. The number of pyridine rings is 3. The fourth-order valence-electron chi connectivity index (χ4n) is 4.46. The summed E-state index contributed by atoms with van der Waals surface area (Å²) in [5.74, 6) is -6.20. The zero-order chi connectivity index (χ0) is 25.1. The first-order valence-electron chi connectivity index (χ1n) is 10.6. The molecule has 182 valence electrons. The fourth-order valence-corrected chi connectivity index (χ4v) is 4.46. The number of rotatable bonds is 4. The third kappa shape index (κ3) is 3.96. The van der Waals surface area contributed by atoms with Crippen molar-refractivity contribution in [3.05, 3.63) is 58.0 Å². The lowest BCUT2D eigenvalue weighted by Gasteiger charge is -2.45. The minimum atomic E-state index is -2.92. The van der Waals surface area contributed by atoms with E-state index in [0.717, 1.165) is 17.0 Å². The lowest BCUT2D eigenvalue weighted by atomic mass is 9.75. The maximum absolute atomic E-state index is 14.7. The standard InChI is InChI=1S/C22H18F4N6O3/c1-21(9-22(25,26)10-21)30-19(34)13-8-32(18-14(24)6-11(23)7-28-18)17-12(16(13)33)2-3-15(29-17)31-5-4-27-20(31)35/h2-3,6-8H,4-5,9-10H2,1H3,(H,27,35)(H,30,34). The van der Waals surface area contributed by atoms with E-state index in [4.69, 9.17) is 0 Å². The van der Waals surface area contributed by atoms with E-state index in [2.05, 4.69) is 20.6 Å². The molecule has 2 aliphatic rings. The molecule has 2 N–H and O–H groups in total. The van der Waals surface area contributed by atoms with Crippen LogP contribution in [0.15, 0.2) is 35.4 Å². The Kier molecular flexibility index (Phi) is 5.04. The van der Waals surface area contributed by atoms with Crippen molar-refractivity contribution in [2.24, 2.45) is 0 Å². The average Bonchev–Trinajstić information content (AvgIpc) is 3.18. The monoisotopic (exact) mass is 490 g/mol. The first kappa shape index (κ1) is 22.7. The molecule has 2 fully saturated rings. The summed E-state index contributed by atoms with van der Waals surface area (Å²) < 4.78 is 56.0. The van der Waals surface area contributed by atoms with Crippen LogP contribution in [0.25, 0.3) is 16.9 Å². The van der Waals surface area contributed by atoms with E-state index in [-0.39, 0.29) is 16.9 Å². The van der Waals surface area contributed by atoms with Crippen LogP contribution in [0.1, 0.15) is 30.1 Å². The number of anilines is 1. The number of hydrogen-bond acceptors (Lipinski definition) is 5. The summed E-state index contributed by atoms with van der Waals surface area (Å²) in [4.78, 5) is 47.6. The molecule has 0 radical (unpaired) electrons. The molecule has 0 atom stereocenters. The number of halogens is 4. The number of urea groups is 1. The Morgan fingerprint density at radius 2 is 1.94 bits per heavy atom. The van der Waals surface area contributed by atoms with E-state index >= 15 is 0 Å². The first-order valence-corrected chi connectivity index (χ1v) is 10.6. The van der Waals surface area contributed by atoms with Crippen LogP contribution in [0.4, 0.5) is 28.2 Å². The third-order valence-corrected chi connectivity index (χ3v) is 5.94. The molecule has 35 heavy (non-hydrogen) atoms. The van der Waals surface area contributed by atoms with Crippen molar-refractivity contribution in [2.45, 2.75) is 31.2 Å². The molecule has 13 heteroatoms. The van der Waals surface area contributed by atoms with Crippen LogP contribution < -0.4 is 21.0 Å². The predicted molar refractivity (Wildman–Crippen MR) is 116 cm³/mol. The first-order chi connectivity index (χ1) is 16.5. The molecular formula is C22H18F4N6O3. The van der Waals surface area contributed by atoms with Crippen molar-refractivity contribution < 1.29 is 27.2 Å². The van der Waals surface area contributed by atoms with Crippen LogP contribution in [0.2, 0.25) is 0 Å². The Hall–Kier alpha value is -4.03. The normalized spacial score (nSPS) is 18.3. The molecule has 0 aromatic carbocycles. The number of hydrogen-bond donors (Lipinski definition) is 2. The molecule has 1 aliphatic heterocycles. The van der Waals surface area contributed by atoms with Gasteiger partial charge in [-0.25, -0.2) is 32.3 Å². The van der Waals surface area contributed by atoms with Crippen molar-refractivity contribution in [3.63, 3.8) is 0 Å². The minimum Gasteiger partial charge on any atom is -0.346 e. The lowest BCUT2D eigenvalue weighted by molar-refractivity contribution is -0.124. The van der Waals surface area contributed by atoms with Crippen molar-refractivity contribution in [1.82, 2.24) is 25.2 Å². The SMILES string of the molecule is CC1(NC(=O)c2cn(-c3ncc(F)cc3F)c3nc(N4CCNC4=O)ccc3c2=O)CC(F)(F)C1. The minimum absolute atomic E-state index is 0.115. The summed E-state index contributed by atoms with van der Waals surface area (Å²) in [5, 5.41) is 4.94. The van der Waals surface area contributed by atoms with Crippen LogP contribution in [-0.4, -0.2) is 51.0 Å². The van der Waals surface area contributed by atoms with Crippen molar-refractivity contribution >= 4 is 28.8 Å². The molecule has 1 saturated carbocycles. The quantitative estimate of drug-likeness (QED) is 0.547. The van der Waals surface area contributed by atoms with Crippen LogP contribution >= 0.6 is 0 Å². The number of nitrogens with zero attached hydrogens (tertiary/aromatic N) is 4. The molecule has 1 aliphatic carbocycles. The van der Waals surface area contributed by atoms with Gasteiger partial charge in [0.1, 0.15) is 17.2 Å². The summed E-state index contributed by atoms with van der Waals surface area (Å²) in [6.07, 6.45) is 0.538. The Bertz CT molecular complexity index is 1450. The highest BCUT2D eigenvalue weighted by Crippen LogP contribution is 2.45. The van der Waals surface area contributed by atoms with Crippen LogP contribution in [0, 0.1) is 11.6 Å². The fraction of sp³-hybridized carbons (Fsp3) is 0.318. The van der Waals surface area contributed by atoms with Gasteiger partial charge in [-0.2, -0.15) is 0 Å². The van der Waals surface area contributed by atoms with Crippen LogP contribution in [-0.2, 0) is 0 Å². The second-order valence-electron chi connectivity index (χ2n) is 8.85. The molecule has 3 aromatic heterocycles. The summed E-state index contributed by atoms with van der Waals surface area (Å²) in [6, 6.07) is 2.86. The number of alkyl halides is 2. The summed E-state index contributed by atoms with van der Waals surface area (Å²) in [6.45, 7) is 2.10. The molecule has 9 nitrogen and oxygen atoms in total. The summed E-state index contributed by atoms with van der Waals surface area (Å²) in [7, 11) is 0. The van der Waals surface area contributed by atoms with Crippen molar-refractivity contribution in [3.8, 4) is 5.82 Å². The van der Waals surface area contributed by atoms with Gasteiger partial charge in [-0.15, -0.1) is 0 Å². The number of carbonyl (C=O) groups is 2. The molecule has 4 heterocycles. The van der Waals surface area contributed by atoms with Gasteiger partial charge in [0, 0.05) is 43.7 Å². The average molecular weight is 490 g/mol. The Labute approximate surface area is 194 Å². The molecule has 0 unspecified atom stereocenters. The Morgan fingerprint density at radius 1 is 1.20 bits per heavy atom. The van der Waals surface area contributed by atoms with E-state index in [1.807, 2.05) is 0 Å². The highest BCUT2D eigenvalue weighted by molar-refractivity contribution is 5.98. The molecule has 3 aromatic rings. The van der Waals surface area contributed by atoms with Crippen LogP contribution in [0.5, 0.6) is 0 Å². The van der Waals surface area contributed by atoms with Gasteiger partial charge in [-0.3, -0.25) is 19.1 Å². The van der Waals surface area contributed by atoms with E-state index in [0.29, 0.717) is 19.2 Å². The third-order valence-electron chi connectivity index (χ3n) is 5.94. The maximum Gasteiger partial charge on any atom is 0.323 e. The molecule has 3 amide bonds. The number of nitrogens with one attached hydrogen (secondary N) is 2. The Balaban J connectivity index is 1.67. The molecular weight excluding hydrogens is 472 g/mol. The smallest absolute Gasteiger partial charge is 0.323 e. The summed E-state index contributed by atoms with van der Waals surface area (Å²) in [5.41, 5.74) is -2.61. The van der Waals surface area contributed by atoms with Crippen molar-refractivity contribution in [2.75, 3.05) is 18.0 Å².